The molecule has 2 N–H and O–H groups in total. The lowest BCUT2D eigenvalue weighted by Crippen LogP contribution is -2.29. The molecular weight excluding hydrogens is 312 g/mol. The second kappa shape index (κ2) is 6.18. The zero-order chi connectivity index (χ0) is 17.1. The Balaban J connectivity index is 2.31. The number of benzene rings is 1. The predicted octanol–water partition coefficient (Wildman–Crippen LogP) is 1.90. The highest BCUT2D eigenvalue weighted by Gasteiger charge is 2.29. The van der Waals surface area contributed by atoms with Crippen molar-refractivity contribution in [3.63, 3.8) is 0 Å². The normalized spacial score (nSPS) is 11.6. The van der Waals surface area contributed by atoms with Crippen LogP contribution in [-0.4, -0.2) is 21.0 Å². The molecule has 2 rings (SSSR count). The van der Waals surface area contributed by atoms with E-state index in [1.807, 2.05) is 0 Å². The molecular formula is C13H9F2N5O3. The summed E-state index contributed by atoms with van der Waals surface area (Å²) in [7, 11) is 0. The number of rotatable bonds is 4. The molecule has 1 heterocycles. The van der Waals surface area contributed by atoms with Gasteiger partial charge in [-0.25, -0.2) is 8.78 Å². The summed E-state index contributed by atoms with van der Waals surface area (Å²) in [6.45, 7) is 1.35. The molecule has 1 aromatic carbocycles. The Morgan fingerprint density at radius 2 is 2.22 bits per heavy atom. The largest absolute Gasteiger partial charge is 0.331 e. The van der Waals surface area contributed by atoms with Crippen molar-refractivity contribution < 1.29 is 18.5 Å². The number of aryl methyl sites for hydroxylation is 1. The number of hydrogen-bond acceptors (Lipinski definition) is 5. The molecule has 23 heavy (non-hydrogen) atoms. The summed E-state index contributed by atoms with van der Waals surface area (Å²) >= 11 is 0. The molecule has 0 aliphatic heterocycles. The zero-order valence-corrected chi connectivity index (χ0v) is 11.6. The fourth-order valence-corrected chi connectivity index (χ4v) is 1.92. The summed E-state index contributed by atoms with van der Waals surface area (Å²) in [4.78, 5) is 22.2. The molecule has 118 valence electrons. The molecule has 1 aromatic heterocycles. The van der Waals surface area contributed by atoms with Crippen LogP contribution in [0.5, 0.6) is 0 Å². The van der Waals surface area contributed by atoms with E-state index < -0.39 is 39.9 Å². The van der Waals surface area contributed by atoms with Crippen LogP contribution in [0.4, 0.5) is 14.5 Å². The van der Waals surface area contributed by atoms with Crippen LogP contribution in [0, 0.1) is 40.0 Å². The summed E-state index contributed by atoms with van der Waals surface area (Å²) < 4.78 is 26.6. The third-order valence-corrected chi connectivity index (χ3v) is 2.99. The minimum Gasteiger partial charge on any atom is -0.331 e. The molecule has 8 nitrogen and oxygen atoms in total. The Morgan fingerprint density at radius 3 is 2.78 bits per heavy atom. The predicted molar refractivity (Wildman–Crippen MR) is 72.2 cm³/mol. The van der Waals surface area contributed by atoms with Crippen LogP contribution in [0.1, 0.15) is 27.8 Å². The van der Waals surface area contributed by atoms with Crippen LogP contribution < -0.4 is 5.32 Å². The smallest absolute Gasteiger partial charge is 0.322 e. The highest BCUT2D eigenvalue weighted by atomic mass is 19.1. The second-order valence-corrected chi connectivity index (χ2v) is 4.50. The van der Waals surface area contributed by atoms with Gasteiger partial charge in [0.2, 0.25) is 5.69 Å². The first kappa shape index (κ1) is 16.0. The van der Waals surface area contributed by atoms with E-state index in [-0.39, 0.29) is 11.3 Å². The molecule has 0 unspecified atom stereocenters. The fraction of sp³-hybridized carbons (Fsp3) is 0.154. The first-order valence-corrected chi connectivity index (χ1v) is 6.20. The number of nitro groups is 1. The Bertz CT molecular complexity index is 828. The van der Waals surface area contributed by atoms with Crippen LogP contribution in [0.15, 0.2) is 18.2 Å². The average Bonchev–Trinajstić information content (AvgIpc) is 2.87. The molecule has 0 saturated carbocycles. The number of amides is 1. The lowest BCUT2D eigenvalue weighted by Gasteiger charge is -2.11. The van der Waals surface area contributed by atoms with Gasteiger partial charge in [-0.15, -0.1) is 0 Å². The topological polar surface area (TPSA) is 125 Å². The van der Waals surface area contributed by atoms with Crippen molar-refractivity contribution >= 4 is 11.6 Å². The maximum Gasteiger partial charge on any atom is 0.322 e. The Morgan fingerprint density at radius 1 is 1.52 bits per heavy atom. The number of aromatic nitrogens is 2. The maximum absolute atomic E-state index is 13.7. The van der Waals surface area contributed by atoms with Crippen LogP contribution in [0.25, 0.3) is 0 Å². The van der Waals surface area contributed by atoms with Crippen molar-refractivity contribution in [2.24, 2.45) is 0 Å². The lowest BCUT2D eigenvalue weighted by molar-refractivity contribution is -0.385. The van der Waals surface area contributed by atoms with Gasteiger partial charge in [0.1, 0.15) is 23.4 Å². The molecule has 0 saturated heterocycles. The third-order valence-electron chi connectivity index (χ3n) is 2.99. The van der Waals surface area contributed by atoms with E-state index in [0.717, 1.165) is 12.1 Å². The van der Waals surface area contributed by atoms with Crippen LogP contribution >= 0.6 is 0 Å². The van der Waals surface area contributed by atoms with E-state index in [1.54, 1.807) is 6.07 Å². The lowest BCUT2D eigenvalue weighted by atomic mass is 10.1. The first-order chi connectivity index (χ1) is 10.8. The minimum absolute atomic E-state index is 0.0571. The molecule has 2 aromatic rings. The van der Waals surface area contributed by atoms with Crippen molar-refractivity contribution in [1.82, 2.24) is 15.5 Å². The molecule has 0 aliphatic rings. The van der Waals surface area contributed by atoms with Gasteiger partial charge in [-0.1, -0.05) is 6.07 Å². The number of halogens is 2. The molecule has 1 amide bonds. The van der Waals surface area contributed by atoms with Gasteiger partial charge in [0.15, 0.2) is 0 Å². The monoisotopic (exact) mass is 321 g/mol. The molecule has 10 heteroatoms. The molecule has 1 atom stereocenters. The number of H-pyrrole nitrogens is 1. The Hall–Kier alpha value is -3.35. The van der Waals surface area contributed by atoms with Crippen molar-refractivity contribution in [2.75, 3.05) is 0 Å². The Labute approximate surface area is 127 Å². The van der Waals surface area contributed by atoms with Gasteiger partial charge in [-0.05, 0) is 13.0 Å². The molecule has 0 bridgehead atoms. The maximum atomic E-state index is 13.7. The van der Waals surface area contributed by atoms with Gasteiger partial charge in [-0.3, -0.25) is 20.0 Å². The highest BCUT2D eigenvalue weighted by Crippen LogP contribution is 2.22. The van der Waals surface area contributed by atoms with E-state index in [9.17, 15) is 23.7 Å². The third kappa shape index (κ3) is 3.13. The number of nitriles is 1. The molecule has 0 radical (unpaired) electrons. The Kier molecular flexibility index (Phi) is 4.31. The van der Waals surface area contributed by atoms with E-state index in [0.29, 0.717) is 6.07 Å². The molecule has 0 fully saturated rings. The zero-order valence-electron chi connectivity index (χ0n) is 11.6. The van der Waals surface area contributed by atoms with Gasteiger partial charge in [0, 0.05) is 11.6 Å². The fourth-order valence-electron chi connectivity index (χ4n) is 1.92. The average molecular weight is 321 g/mol. The SMILES string of the molecule is Cc1[nH]nc(C(=O)N[C@@H](C#N)c2ccc(F)cc2F)c1[N+](=O)[O-]. The van der Waals surface area contributed by atoms with E-state index in [4.69, 9.17) is 5.26 Å². The number of aromatic amines is 1. The summed E-state index contributed by atoms with van der Waals surface area (Å²) in [6, 6.07) is 2.67. The van der Waals surface area contributed by atoms with Crippen molar-refractivity contribution in [3.05, 3.63) is 56.9 Å². The summed E-state index contributed by atoms with van der Waals surface area (Å²) in [5.41, 5.74) is -1.28. The van der Waals surface area contributed by atoms with E-state index in [1.165, 1.54) is 6.92 Å². The number of nitrogens with zero attached hydrogens (tertiary/aromatic N) is 3. The quantitative estimate of drug-likeness (QED) is 0.657. The summed E-state index contributed by atoms with van der Waals surface area (Å²) in [5.74, 6) is -2.89. The van der Waals surface area contributed by atoms with Crippen LogP contribution in [0.3, 0.4) is 0 Å². The second-order valence-electron chi connectivity index (χ2n) is 4.50. The number of nitrogens with one attached hydrogen (secondary N) is 2. The molecule has 0 spiro atoms. The highest BCUT2D eigenvalue weighted by molar-refractivity contribution is 5.96. The van der Waals surface area contributed by atoms with Crippen LogP contribution in [0.2, 0.25) is 0 Å². The van der Waals surface area contributed by atoms with Crippen molar-refractivity contribution in [1.29, 1.82) is 5.26 Å². The number of carbonyl (C=O) groups is 1. The summed E-state index contributed by atoms with van der Waals surface area (Å²) in [5, 5.41) is 27.9. The van der Waals surface area contributed by atoms with Gasteiger partial charge in [0.25, 0.3) is 5.91 Å². The van der Waals surface area contributed by atoms with Gasteiger partial charge in [-0.2, -0.15) is 10.4 Å². The van der Waals surface area contributed by atoms with E-state index in [2.05, 4.69) is 15.5 Å². The summed E-state index contributed by atoms with van der Waals surface area (Å²) in [6.07, 6.45) is 0. The van der Waals surface area contributed by atoms with Gasteiger partial charge >= 0.3 is 5.69 Å². The first-order valence-electron chi connectivity index (χ1n) is 6.20. The molecule has 0 aliphatic carbocycles. The van der Waals surface area contributed by atoms with Crippen molar-refractivity contribution in [2.45, 2.75) is 13.0 Å². The van der Waals surface area contributed by atoms with Crippen molar-refractivity contribution in [3.8, 4) is 6.07 Å². The number of carbonyl (C=O) groups excluding carboxylic acids is 1. The van der Waals surface area contributed by atoms with Gasteiger partial charge < -0.3 is 5.32 Å². The van der Waals surface area contributed by atoms with E-state index >= 15 is 0 Å². The standard InChI is InChI=1S/C13H9F2N5O3/c1-6-12(20(22)23)11(19-18-6)13(21)17-10(5-16)8-3-2-7(14)4-9(8)15/h2-4,10H,1H3,(H,17,21)(H,18,19)/t10-/m0/s1. The van der Waals surface area contributed by atoms with Gasteiger partial charge in [0.05, 0.1) is 11.0 Å². The number of hydrogen-bond donors (Lipinski definition) is 2. The van der Waals surface area contributed by atoms with Crippen LogP contribution in [-0.2, 0) is 0 Å². The minimum atomic E-state index is -1.46.